The highest BCUT2D eigenvalue weighted by Gasteiger charge is 2.30. The molecule has 0 atom stereocenters. The summed E-state index contributed by atoms with van der Waals surface area (Å²) in [6, 6.07) is 3.54. The predicted octanol–water partition coefficient (Wildman–Crippen LogP) is 1.08. The molecule has 5 nitrogen and oxygen atoms in total. The molecule has 0 aliphatic carbocycles. The second kappa shape index (κ2) is 4.44. The zero-order chi connectivity index (χ0) is 11.5. The molecule has 2 rings (SSSR count). The summed E-state index contributed by atoms with van der Waals surface area (Å²) in [5.74, 6) is -0.308. The lowest BCUT2D eigenvalue weighted by Gasteiger charge is -2.08. The van der Waals surface area contributed by atoms with Gasteiger partial charge in [-0.25, -0.2) is 9.69 Å². The largest absolute Gasteiger partial charge is 0.439 e. The van der Waals surface area contributed by atoms with Crippen LogP contribution in [-0.4, -0.2) is 36.3 Å². The molecule has 0 saturated carbocycles. The average molecular weight is 239 g/mol. The van der Waals surface area contributed by atoms with Crippen molar-refractivity contribution in [2.75, 3.05) is 13.2 Å². The topological polar surface area (TPSA) is 63.7 Å². The average Bonchev–Trinajstić information content (AvgIpc) is 2.85. The number of hydrogen-bond donors (Lipinski definition) is 0. The Kier molecular flexibility index (Phi) is 3.00. The van der Waals surface area contributed by atoms with E-state index in [0.717, 1.165) is 16.1 Å². The molecule has 0 unspecified atom stereocenters. The molecule has 0 radical (unpaired) electrons. The number of rotatable bonds is 4. The minimum Gasteiger partial charge on any atom is -0.439 e. The summed E-state index contributed by atoms with van der Waals surface area (Å²) in [5, 5.41) is 0. The molecule has 0 N–H and O–H groups in total. The molecule has 1 aromatic rings. The normalized spacial score (nSPS) is 15.4. The number of nitrogens with zero attached hydrogens (tertiary/aromatic N) is 1. The van der Waals surface area contributed by atoms with Crippen LogP contribution in [0.5, 0.6) is 0 Å². The summed E-state index contributed by atoms with van der Waals surface area (Å²) in [5.41, 5.74) is 0. The van der Waals surface area contributed by atoms with E-state index in [4.69, 9.17) is 0 Å². The Morgan fingerprint density at radius 3 is 2.81 bits per heavy atom. The molecule has 1 aliphatic heterocycles. The lowest BCUT2D eigenvalue weighted by atomic mass is 10.3. The van der Waals surface area contributed by atoms with Crippen LogP contribution < -0.4 is 0 Å². The third kappa shape index (κ3) is 2.11. The van der Waals surface area contributed by atoms with Crippen LogP contribution in [0.15, 0.2) is 12.1 Å². The van der Waals surface area contributed by atoms with Crippen LogP contribution in [0, 0.1) is 0 Å². The number of carbonyl (C=O) groups is 3. The van der Waals surface area contributed by atoms with Gasteiger partial charge in [-0.05, 0) is 12.1 Å². The fraction of sp³-hybridized carbons (Fsp3) is 0.300. The van der Waals surface area contributed by atoms with E-state index in [-0.39, 0.29) is 12.5 Å². The van der Waals surface area contributed by atoms with Crippen molar-refractivity contribution in [1.29, 1.82) is 0 Å². The van der Waals surface area contributed by atoms with Crippen LogP contribution in [0.4, 0.5) is 4.79 Å². The van der Waals surface area contributed by atoms with Crippen LogP contribution in [0.3, 0.4) is 0 Å². The lowest BCUT2D eigenvalue weighted by molar-refractivity contribution is -0.125. The van der Waals surface area contributed by atoms with Crippen molar-refractivity contribution in [2.45, 2.75) is 6.42 Å². The van der Waals surface area contributed by atoms with Crippen molar-refractivity contribution in [3.63, 3.8) is 0 Å². The van der Waals surface area contributed by atoms with Crippen LogP contribution in [0.1, 0.15) is 14.5 Å². The molecule has 0 bridgehead atoms. The summed E-state index contributed by atoms with van der Waals surface area (Å²) < 4.78 is 4.58. The van der Waals surface area contributed by atoms with Gasteiger partial charge in [0.05, 0.1) is 4.88 Å². The third-order valence-corrected chi connectivity index (χ3v) is 3.29. The fourth-order valence-corrected chi connectivity index (χ4v) is 2.23. The Balaban J connectivity index is 1.94. The summed E-state index contributed by atoms with van der Waals surface area (Å²) in [6.07, 6.45) is 0.750. The first-order valence-electron chi connectivity index (χ1n) is 4.71. The summed E-state index contributed by atoms with van der Waals surface area (Å²) in [4.78, 5) is 35.4. The molecule has 84 valence electrons. The molecule has 1 aliphatic rings. The zero-order valence-electron chi connectivity index (χ0n) is 8.34. The quantitative estimate of drug-likeness (QED) is 0.737. The van der Waals surface area contributed by atoms with Crippen LogP contribution >= 0.6 is 11.3 Å². The Morgan fingerprint density at radius 2 is 2.25 bits per heavy atom. The van der Waals surface area contributed by atoms with Crippen molar-refractivity contribution >= 4 is 29.6 Å². The minimum atomic E-state index is -0.586. The van der Waals surface area contributed by atoms with Gasteiger partial charge in [0.25, 0.3) is 5.91 Å². The molecular weight excluding hydrogens is 230 g/mol. The van der Waals surface area contributed by atoms with Gasteiger partial charge in [0.15, 0.2) is 12.9 Å². The molecule has 2 heterocycles. The molecule has 0 aromatic carbocycles. The summed E-state index contributed by atoms with van der Waals surface area (Å²) >= 11 is 1.36. The number of thiophene rings is 1. The molecule has 1 aromatic heterocycles. The highest BCUT2D eigenvalue weighted by atomic mass is 32.1. The second-order valence-corrected chi connectivity index (χ2v) is 4.47. The maximum atomic E-state index is 11.2. The first-order chi connectivity index (χ1) is 7.70. The van der Waals surface area contributed by atoms with Gasteiger partial charge in [-0.2, -0.15) is 0 Å². The van der Waals surface area contributed by atoms with Crippen molar-refractivity contribution in [3.05, 3.63) is 21.9 Å². The van der Waals surface area contributed by atoms with Crippen molar-refractivity contribution in [2.24, 2.45) is 0 Å². The van der Waals surface area contributed by atoms with Crippen LogP contribution in [-0.2, 0) is 16.0 Å². The van der Waals surface area contributed by atoms with E-state index in [2.05, 4.69) is 4.74 Å². The van der Waals surface area contributed by atoms with Crippen LogP contribution in [0.25, 0.3) is 0 Å². The van der Waals surface area contributed by atoms with Gasteiger partial charge in [-0.15, -0.1) is 11.3 Å². The Hall–Kier alpha value is -1.69. The Labute approximate surface area is 95.6 Å². The first-order valence-corrected chi connectivity index (χ1v) is 5.53. The minimum absolute atomic E-state index is 0.164. The number of amides is 2. The number of aldehydes is 1. The van der Waals surface area contributed by atoms with Gasteiger partial charge in [-0.3, -0.25) is 9.59 Å². The van der Waals surface area contributed by atoms with E-state index >= 15 is 0 Å². The molecule has 0 spiro atoms. The van der Waals surface area contributed by atoms with Gasteiger partial charge in [0, 0.05) is 17.8 Å². The molecule has 1 fully saturated rings. The van der Waals surface area contributed by atoms with E-state index in [1.165, 1.54) is 11.3 Å². The SMILES string of the molecule is O=Cc1ccc(CCN2C(=O)COC2=O)s1. The highest BCUT2D eigenvalue weighted by molar-refractivity contribution is 7.13. The maximum absolute atomic E-state index is 11.2. The standard InChI is InChI=1S/C10H9NO4S/c12-5-8-2-1-7(16-8)3-4-11-9(13)6-15-10(11)14/h1-2,5H,3-4,6H2. The van der Waals surface area contributed by atoms with E-state index in [0.29, 0.717) is 17.8 Å². The van der Waals surface area contributed by atoms with Gasteiger partial charge in [0.2, 0.25) is 0 Å². The van der Waals surface area contributed by atoms with E-state index in [1.54, 1.807) is 6.07 Å². The maximum Gasteiger partial charge on any atom is 0.417 e. The molecule has 16 heavy (non-hydrogen) atoms. The number of cyclic esters (lactones) is 1. The first kappa shape index (κ1) is 10.8. The molecular formula is C10H9NO4S. The van der Waals surface area contributed by atoms with Crippen molar-refractivity contribution < 1.29 is 19.1 Å². The number of imide groups is 1. The molecule has 1 saturated heterocycles. The van der Waals surface area contributed by atoms with Crippen molar-refractivity contribution in [1.82, 2.24) is 4.90 Å². The number of ether oxygens (including phenoxy) is 1. The van der Waals surface area contributed by atoms with Crippen LogP contribution in [0.2, 0.25) is 0 Å². The zero-order valence-corrected chi connectivity index (χ0v) is 9.16. The van der Waals surface area contributed by atoms with E-state index in [1.807, 2.05) is 6.07 Å². The number of hydrogen-bond acceptors (Lipinski definition) is 5. The predicted molar refractivity (Wildman–Crippen MR) is 56.5 cm³/mol. The van der Waals surface area contributed by atoms with Gasteiger partial charge in [0.1, 0.15) is 0 Å². The van der Waals surface area contributed by atoms with E-state index in [9.17, 15) is 14.4 Å². The number of carbonyl (C=O) groups excluding carboxylic acids is 3. The van der Waals surface area contributed by atoms with Crippen molar-refractivity contribution in [3.8, 4) is 0 Å². The molecule has 2 amide bonds. The molecule has 6 heteroatoms. The van der Waals surface area contributed by atoms with Gasteiger partial charge < -0.3 is 4.74 Å². The van der Waals surface area contributed by atoms with E-state index < -0.39 is 6.09 Å². The third-order valence-electron chi connectivity index (χ3n) is 2.22. The Morgan fingerprint density at radius 1 is 1.44 bits per heavy atom. The monoisotopic (exact) mass is 239 g/mol. The summed E-state index contributed by atoms with van der Waals surface area (Å²) in [6.45, 7) is 0.138. The van der Waals surface area contributed by atoms with Gasteiger partial charge >= 0.3 is 6.09 Å². The second-order valence-electron chi connectivity index (χ2n) is 3.27. The Bertz CT molecular complexity index is 424. The lowest BCUT2D eigenvalue weighted by Crippen LogP contribution is -2.30. The fourth-order valence-electron chi connectivity index (χ4n) is 1.41. The smallest absolute Gasteiger partial charge is 0.417 e. The van der Waals surface area contributed by atoms with Gasteiger partial charge in [-0.1, -0.05) is 0 Å². The highest BCUT2D eigenvalue weighted by Crippen LogP contribution is 2.16. The summed E-state index contributed by atoms with van der Waals surface area (Å²) in [7, 11) is 0.